The van der Waals surface area contributed by atoms with Crippen LogP contribution in [0.25, 0.3) is 6.08 Å². The van der Waals surface area contributed by atoms with E-state index in [1.165, 1.54) is 4.90 Å². The van der Waals surface area contributed by atoms with Gasteiger partial charge in [0, 0.05) is 0 Å². The Bertz CT molecular complexity index is 952. The minimum atomic E-state index is -1.02. The van der Waals surface area contributed by atoms with Gasteiger partial charge in [0.2, 0.25) is 0 Å². The highest BCUT2D eigenvalue weighted by molar-refractivity contribution is 8.19. The van der Waals surface area contributed by atoms with Crippen molar-refractivity contribution in [3.63, 3.8) is 0 Å². The number of carboxylic acids is 1. The molecule has 3 rings (SSSR count). The third-order valence-electron chi connectivity index (χ3n) is 4.25. The first-order valence-electron chi connectivity index (χ1n) is 8.73. The number of thioether (sulfide) groups is 1. The summed E-state index contributed by atoms with van der Waals surface area (Å²) < 4.78 is 5.42. The summed E-state index contributed by atoms with van der Waals surface area (Å²) in [5.74, 6) is -0.947. The van der Waals surface area contributed by atoms with E-state index in [4.69, 9.17) is 9.84 Å². The summed E-state index contributed by atoms with van der Waals surface area (Å²) in [7, 11) is 0. The number of nitrogens with zero attached hydrogens (tertiary/aromatic N) is 1. The number of rotatable bonds is 6. The molecule has 0 aromatic heterocycles. The quantitative estimate of drug-likeness (QED) is 0.724. The molecule has 2 aromatic rings. The molecular weight excluding hydrogens is 378 g/mol. The van der Waals surface area contributed by atoms with Crippen molar-refractivity contribution in [2.45, 2.75) is 26.4 Å². The van der Waals surface area contributed by atoms with Crippen molar-refractivity contribution in [1.82, 2.24) is 0 Å². The summed E-state index contributed by atoms with van der Waals surface area (Å²) in [5, 5.41) is 8.72. The molecule has 0 bridgehead atoms. The number of aliphatic carboxylic acids is 1. The van der Waals surface area contributed by atoms with E-state index in [1.54, 1.807) is 49.4 Å². The van der Waals surface area contributed by atoms with Crippen LogP contribution in [0.2, 0.25) is 0 Å². The Morgan fingerprint density at radius 1 is 1.18 bits per heavy atom. The van der Waals surface area contributed by atoms with Gasteiger partial charge in [-0.3, -0.25) is 9.59 Å². The van der Waals surface area contributed by atoms with Gasteiger partial charge in [-0.15, -0.1) is 0 Å². The van der Waals surface area contributed by atoms with E-state index in [0.29, 0.717) is 28.3 Å². The van der Waals surface area contributed by atoms with Gasteiger partial charge in [-0.2, -0.15) is 0 Å². The summed E-state index contributed by atoms with van der Waals surface area (Å²) in [5.41, 5.74) is 2.14. The molecule has 1 aliphatic rings. The number of carbonyl (C=O) groups excluding carboxylic acids is 2. The van der Waals surface area contributed by atoms with Crippen molar-refractivity contribution in [3.8, 4) is 5.75 Å². The molecule has 144 valence electrons. The number of hydrogen-bond acceptors (Lipinski definition) is 5. The van der Waals surface area contributed by atoms with Gasteiger partial charge in [-0.05, 0) is 60.5 Å². The Morgan fingerprint density at radius 3 is 2.46 bits per heavy atom. The highest BCUT2D eigenvalue weighted by Gasteiger charge is 2.36. The van der Waals surface area contributed by atoms with Crippen molar-refractivity contribution in [1.29, 1.82) is 0 Å². The molecule has 1 aliphatic heterocycles. The van der Waals surface area contributed by atoms with Crippen molar-refractivity contribution < 1.29 is 24.2 Å². The summed E-state index contributed by atoms with van der Waals surface area (Å²) in [6, 6.07) is 13.9. The molecule has 2 aromatic carbocycles. The van der Waals surface area contributed by atoms with Crippen molar-refractivity contribution in [2.75, 3.05) is 4.90 Å². The van der Waals surface area contributed by atoms with E-state index in [-0.39, 0.29) is 11.1 Å². The molecule has 28 heavy (non-hydrogen) atoms. The Kier molecular flexibility index (Phi) is 5.84. The van der Waals surface area contributed by atoms with Gasteiger partial charge in [0.1, 0.15) is 5.75 Å². The first-order chi connectivity index (χ1) is 13.4. The molecule has 1 N–H and O–H groups in total. The van der Waals surface area contributed by atoms with Crippen LogP contribution >= 0.6 is 11.8 Å². The second-order valence-electron chi connectivity index (χ2n) is 6.23. The summed E-state index contributed by atoms with van der Waals surface area (Å²) in [6.45, 7) is 3.58. The minimum absolute atomic E-state index is 0.332. The number of benzene rings is 2. The van der Waals surface area contributed by atoms with Gasteiger partial charge in [-0.1, -0.05) is 37.3 Å². The molecule has 1 atom stereocenters. The number of hydrogen-bond donors (Lipinski definition) is 1. The molecule has 0 saturated carbocycles. The maximum absolute atomic E-state index is 12.7. The van der Waals surface area contributed by atoms with Crippen molar-refractivity contribution in [3.05, 3.63) is 64.6 Å². The number of anilines is 1. The van der Waals surface area contributed by atoms with Crippen LogP contribution in [0.15, 0.2) is 53.4 Å². The molecule has 6 nitrogen and oxygen atoms in total. The average Bonchev–Trinajstić information content (AvgIpc) is 2.94. The van der Waals surface area contributed by atoms with Crippen LogP contribution in [0.1, 0.15) is 24.5 Å². The van der Waals surface area contributed by atoms with Gasteiger partial charge in [0.25, 0.3) is 11.1 Å². The van der Waals surface area contributed by atoms with Gasteiger partial charge in [0.05, 0.1) is 10.6 Å². The van der Waals surface area contributed by atoms with Crippen LogP contribution in [0, 0.1) is 6.92 Å². The van der Waals surface area contributed by atoms with E-state index in [9.17, 15) is 14.4 Å². The lowest BCUT2D eigenvalue weighted by atomic mass is 10.1. The van der Waals surface area contributed by atoms with Crippen LogP contribution < -0.4 is 9.64 Å². The number of carboxylic acid groups (broad SMARTS) is 1. The monoisotopic (exact) mass is 397 g/mol. The fourth-order valence-corrected chi connectivity index (χ4v) is 3.59. The minimum Gasteiger partial charge on any atom is -0.479 e. The maximum Gasteiger partial charge on any atom is 0.344 e. The molecule has 0 aliphatic carbocycles. The number of aryl methyl sites for hydroxylation is 1. The Hall–Kier alpha value is -3.06. The largest absolute Gasteiger partial charge is 0.479 e. The second kappa shape index (κ2) is 8.31. The SMILES string of the molecule is CCC(Oc1ccc(/C=C2/SC(=O)N(c3ccccc3C)C2=O)cc1)C(=O)O. The lowest BCUT2D eigenvalue weighted by Crippen LogP contribution is -2.28. The molecule has 2 amide bonds. The fourth-order valence-electron chi connectivity index (χ4n) is 2.76. The summed E-state index contributed by atoms with van der Waals surface area (Å²) >= 11 is 0.892. The second-order valence-corrected chi connectivity index (χ2v) is 7.22. The highest BCUT2D eigenvalue weighted by atomic mass is 32.2. The van der Waals surface area contributed by atoms with Gasteiger partial charge >= 0.3 is 5.97 Å². The first kappa shape index (κ1) is 19.7. The number of ether oxygens (including phenoxy) is 1. The topological polar surface area (TPSA) is 83.9 Å². The third kappa shape index (κ3) is 4.09. The molecule has 0 radical (unpaired) electrons. The maximum atomic E-state index is 12.7. The lowest BCUT2D eigenvalue weighted by Gasteiger charge is -2.14. The highest BCUT2D eigenvalue weighted by Crippen LogP contribution is 2.37. The van der Waals surface area contributed by atoms with E-state index in [1.807, 2.05) is 19.1 Å². The number of para-hydroxylation sites is 1. The molecular formula is C21H19NO5S. The Morgan fingerprint density at radius 2 is 1.86 bits per heavy atom. The summed E-state index contributed by atoms with van der Waals surface area (Å²) in [6.07, 6.45) is 1.08. The molecule has 1 unspecified atom stereocenters. The van der Waals surface area contributed by atoms with Crippen LogP contribution in [0.4, 0.5) is 10.5 Å². The zero-order valence-corrected chi connectivity index (χ0v) is 16.2. The normalized spacial score (nSPS) is 16.5. The van der Waals surface area contributed by atoms with E-state index < -0.39 is 12.1 Å². The molecule has 1 fully saturated rings. The predicted molar refractivity (Wildman–Crippen MR) is 108 cm³/mol. The average molecular weight is 397 g/mol. The predicted octanol–water partition coefficient (Wildman–Crippen LogP) is 4.48. The van der Waals surface area contributed by atoms with E-state index in [0.717, 1.165) is 17.3 Å². The van der Waals surface area contributed by atoms with Crippen molar-refractivity contribution in [2.24, 2.45) is 0 Å². The van der Waals surface area contributed by atoms with E-state index in [2.05, 4.69) is 0 Å². The summed E-state index contributed by atoms with van der Waals surface area (Å²) in [4.78, 5) is 37.7. The van der Waals surface area contributed by atoms with Gasteiger partial charge in [-0.25, -0.2) is 9.69 Å². The molecule has 0 spiro atoms. The number of imide groups is 1. The lowest BCUT2D eigenvalue weighted by molar-refractivity contribution is -0.145. The van der Waals surface area contributed by atoms with Crippen LogP contribution in [0.5, 0.6) is 5.75 Å². The fraction of sp³-hybridized carbons (Fsp3) is 0.190. The molecule has 7 heteroatoms. The van der Waals surface area contributed by atoms with Crippen LogP contribution in [-0.4, -0.2) is 28.3 Å². The Balaban J connectivity index is 1.79. The zero-order chi connectivity index (χ0) is 20.3. The Labute approximate surface area is 166 Å². The van der Waals surface area contributed by atoms with Crippen LogP contribution in [-0.2, 0) is 9.59 Å². The van der Waals surface area contributed by atoms with Crippen LogP contribution in [0.3, 0.4) is 0 Å². The zero-order valence-electron chi connectivity index (χ0n) is 15.4. The number of carbonyl (C=O) groups is 3. The number of amides is 2. The third-order valence-corrected chi connectivity index (χ3v) is 5.12. The van der Waals surface area contributed by atoms with Gasteiger partial charge in [0.15, 0.2) is 6.10 Å². The first-order valence-corrected chi connectivity index (χ1v) is 9.55. The smallest absolute Gasteiger partial charge is 0.344 e. The molecule has 1 heterocycles. The van der Waals surface area contributed by atoms with Gasteiger partial charge < -0.3 is 9.84 Å². The molecule has 1 saturated heterocycles. The standard InChI is InChI=1S/C21H19NO5S/c1-3-17(20(24)25)27-15-10-8-14(9-11-15)12-18-19(23)22(21(26)28-18)16-7-5-4-6-13(16)2/h4-12,17H,3H2,1-2H3,(H,24,25)/b18-12+. The van der Waals surface area contributed by atoms with Crippen molar-refractivity contribution >= 4 is 40.6 Å². The van der Waals surface area contributed by atoms with E-state index >= 15 is 0 Å².